The molecule has 0 aliphatic carbocycles. The molecule has 0 fully saturated rings. The van der Waals surface area contributed by atoms with Crippen molar-refractivity contribution >= 4 is 44.9 Å². The molecule has 21 heavy (non-hydrogen) atoms. The van der Waals surface area contributed by atoms with Gasteiger partial charge in [-0.1, -0.05) is 30.1 Å². The van der Waals surface area contributed by atoms with Crippen LogP contribution in [0, 0.1) is 5.92 Å². The quantitative estimate of drug-likeness (QED) is 0.645. The third-order valence-corrected chi connectivity index (χ3v) is 5.57. The van der Waals surface area contributed by atoms with Crippen LogP contribution in [-0.2, 0) is 19.6 Å². The van der Waals surface area contributed by atoms with E-state index in [1.54, 1.807) is 6.92 Å². The van der Waals surface area contributed by atoms with E-state index in [9.17, 15) is 13.2 Å². The number of anilines is 1. The monoisotopic (exact) mass is 354 g/mol. The number of hydrogen-bond donors (Lipinski definition) is 1. The van der Waals surface area contributed by atoms with E-state index in [1.165, 1.54) is 26.3 Å². The smallest absolute Gasteiger partial charge is 0.309 e. The largest absolute Gasteiger partial charge is 0.469 e. The number of hydrogen-bond acceptors (Lipinski definition) is 5. The van der Waals surface area contributed by atoms with Crippen LogP contribution < -0.4 is 5.73 Å². The van der Waals surface area contributed by atoms with Crippen LogP contribution in [0.5, 0.6) is 0 Å². The van der Waals surface area contributed by atoms with Gasteiger partial charge >= 0.3 is 5.97 Å². The van der Waals surface area contributed by atoms with E-state index in [2.05, 4.69) is 4.74 Å². The van der Waals surface area contributed by atoms with Gasteiger partial charge in [0.25, 0.3) is 0 Å². The molecule has 0 saturated carbocycles. The summed E-state index contributed by atoms with van der Waals surface area (Å²) >= 11 is 11.9. The van der Waals surface area contributed by atoms with Crippen LogP contribution in [0.15, 0.2) is 17.0 Å². The molecule has 1 aromatic carbocycles. The molecule has 0 aliphatic heterocycles. The van der Waals surface area contributed by atoms with Crippen LogP contribution in [0.1, 0.15) is 6.92 Å². The van der Waals surface area contributed by atoms with Crippen LogP contribution in [-0.4, -0.2) is 39.4 Å². The van der Waals surface area contributed by atoms with Gasteiger partial charge in [-0.2, -0.15) is 4.31 Å². The van der Waals surface area contributed by atoms with Gasteiger partial charge in [-0.15, -0.1) is 0 Å². The van der Waals surface area contributed by atoms with Gasteiger partial charge in [-0.3, -0.25) is 4.79 Å². The van der Waals surface area contributed by atoms with Crippen LogP contribution in [0.4, 0.5) is 5.69 Å². The summed E-state index contributed by atoms with van der Waals surface area (Å²) in [5.74, 6) is -1.13. The Morgan fingerprint density at radius 2 is 1.86 bits per heavy atom. The van der Waals surface area contributed by atoms with Gasteiger partial charge in [-0.05, 0) is 12.1 Å². The summed E-state index contributed by atoms with van der Waals surface area (Å²) in [7, 11) is -1.38. The van der Waals surface area contributed by atoms with Crippen LogP contribution in [0.2, 0.25) is 10.0 Å². The predicted octanol–water partition coefficient (Wildman–Crippen LogP) is 2.01. The molecule has 2 N–H and O–H groups in total. The topological polar surface area (TPSA) is 89.7 Å². The summed E-state index contributed by atoms with van der Waals surface area (Å²) in [4.78, 5) is 11.1. The third kappa shape index (κ3) is 4.00. The average Bonchev–Trinajstić information content (AvgIpc) is 2.35. The lowest BCUT2D eigenvalue weighted by atomic mass is 10.2. The van der Waals surface area contributed by atoms with Crippen molar-refractivity contribution in [1.29, 1.82) is 0 Å². The zero-order valence-electron chi connectivity index (χ0n) is 11.8. The van der Waals surface area contributed by atoms with Crippen molar-refractivity contribution in [2.45, 2.75) is 11.8 Å². The summed E-state index contributed by atoms with van der Waals surface area (Å²) in [5, 5.41) is -0.143. The first-order valence-corrected chi connectivity index (χ1v) is 8.09. The van der Waals surface area contributed by atoms with Crippen molar-refractivity contribution in [3.63, 3.8) is 0 Å². The minimum atomic E-state index is -3.95. The molecule has 1 aromatic rings. The van der Waals surface area contributed by atoms with E-state index in [0.717, 1.165) is 4.31 Å². The maximum atomic E-state index is 12.5. The Bertz CT molecular complexity index is 626. The second kappa shape index (κ2) is 6.83. The maximum Gasteiger partial charge on any atom is 0.309 e. The van der Waals surface area contributed by atoms with Crippen LogP contribution >= 0.6 is 23.2 Å². The van der Waals surface area contributed by atoms with Gasteiger partial charge in [0.05, 0.1) is 23.1 Å². The Balaban J connectivity index is 3.15. The fraction of sp³-hybridized carbons (Fsp3) is 0.417. The summed E-state index contributed by atoms with van der Waals surface area (Å²) in [5.41, 5.74) is 5.81. The number of carbonyl (C=O) groups excluding carboxylic acids is 1. The number of halogens is 2. The highest BCUT2D eigenvalue weighted by Gasteiger charge is 2.29. The van der Waals surface area contributed by atoms with Crippen LogP contribution in [0.25, 0.3) is 0 Å². The number of esters is 1. The number of rotatable bonds is 5. The third-order valence-electron chi connectivity index (χ3n) is 2.82. The number of nitrogens with two attached hydrogens (primary N) is 1. The SMILES string of the molecule is COC(=O)C(C)CN(C)S(=O)(=O)c1c(Cl)cc(N)cc1Cl. The molecule has 0 heterocycles. The van der Waals surface area contributed by atoms with Gasteiger partial charge in [0, 0.05) is 19.3 Å². The number of nitrogen functional groups attached to an aromatic ring is 1. The molecule has 6 nitrogen and oxygen atoms in total. The van der Waals surface area contributed by atoms with Crippen molar-refractivity contribution < 1.29 is 17.9 Å². The number of methoxy groups -OCH3 is 1. The molecule has 0 aliphatic rings. The van der Waals surface area contributed by atoms with E-state index < -0.39 is 21.9 Å². The second-order valence-electron chi connectivity index (χ2n) is 4.52. The molecule has 0 spiro atoms. The Kier molecular flexibility index (Phi) is 5.86. The molecule has 1 atom stereocenters. The van der Waals surface area contributed by atoms with Gasteiger partial charge < -0.3 is 10.5 Å². The fourth-order valence-corrected chi connectivity index (χ4v) is 4.17. The van der Waals surface area contributed by atoms with E-state index >= 15 is 0 Å². The lowest BCUT2D eigenvalue weighted by Crippen LogP contribution is -2.34. The Morgan fingerprint density at radius 1 is 1.38 bits per heavy atom. The van der Waals surface area contributed by atoms with Gasteiger partial charge in [0.2, 0.25) is 10.0 Å². The van der Waals surface area contributed by atoms with Crippen molar-refractivity contribution in [2.75, 3.05) is 26.4 Å². The van der Waals surface area contributed by atoms with E-state index in [1.807, 2.05) is 0 Å². The first-order chi connectivity index (χ1) is 9.61. The number of benzene rings is 1. The lowest BCUT2D eigenvalue weighted by molar-refractivity contribution is -0.144. The Hall–Kier alpha value is -1.02. The highest BCUT2D eigenvalue weighted by atomic mass is 35.5. The molecular formula is C12H16Cl2N2O4S. The standard InChI is InChI=1S/C12H16Cl2N2O4S/c1-7(12(17)20-3)6-16(2)21(18,19)11-9(13)4-8(15)5-10(11)14/h4-5,7H,6,15H2,1-3H3. The highest BCUT2D eigenvalue weighted by molar-refractivity contribution is 7.89. The molecule has 9 heteroatoms. The molecule has 0 amide bonds. The predicted molar refractivity (Wildman–Crippen MR) is 81.9 cm³/mol. The average molecular weight is 355 g/mol. The number of ether oxygens (including phenoxy) is 1. The van der Waals surface area contributed by atoms with Gasteiger partial charge in [0.1, 0.15) is 4.90 Å². The van der Waals surface area contributed by atoms with Crippen molar-refractivity contribution in [2.24, 2.45) is 5.92 Å². The molecular weight excluding hydrogens is 339 g/mol. The summed E-state index contributed by atoms with van der Waals surface area (Å²) < 4.78 is 30.6. The normalized spacial score (nSPS) is 13.2. The molecule has 1 unspecified atom stereocenters. The summed E-state index contributed by atoms with van der Waals surface area (Å²) in [6, 6.07) is 2.61. The summed E-state index contributed by atoms with van der Waals surface area (Å²) in [6.07, 6.45) is 0. The molecule has 1 rings (SSSR count). The van der Waals surface area contributed by atoms with Crippen LogP contribution in [0.3, 0.4) is 0 Å². The molecule has 0 radical (unpaired) electrons. The summed E-state index contributed by atoms with van der Waals surface area (Å²) in [6.45, 7) is 1.50. The van der Waals surface area contributed by atoms with Crippen molar-refractivity contribution in [1.82, 2.24) is 4.31 Å². The van der Waals surface area contributed by atoms with E-state index in [-0.39, 0.29) is 27.2 Å². The van der Waals surface area contributed by atoms with Gasteiger partial charge in [0.15, 0.2) is 0 Å². The molecule has 0 bridgehead atoms. The zero-order chi connectivity index (χ0) is 16.4. The van der Waals surface area contributed by atoms with E-state index in [0.29, 0.717) is 0 Å². The van der Waals surface area contributed by atoms with E-state index in [4.69, 9.17) is 28.9 Å². The maximum absolute atomic E-state index is 12.5. The fourth-order valence-electron chi connectivity index (χ4n) is 1.74. The molecule has 0 aromatic heterocycles. The Labute approximate surface area is 133 Å². The Morgan fingerprint density at radius 3 is 2.29 bits per heavy atom. The first kappa shape index (κ1) is 18.0. The lowest BCUT2D eigenvalue weighted by Gasteiger charge is -2.21. The molecule has 0 saturated heterocycles. The van der Waals surface area contributed by atoms with Crippen molar-refractivity contribution in [3.05, 3.63) is 22.2 Å². The van der Waals surface area contributed by atoms with Gasteiger partial charge in [-0.25, -0.2) is 8.42 Å². The number of nitrogens with zero attached hydrogens (tertiary/aromatic N) is 1. The minimum Gasteiger partial charge on any atom is -0.469 e. The number of carbonyl (C=O) groups is 1. The first-order valence-electron chi connectivity index (χ1n) is 5.90. The second-order valence-corrected chi connectivity index (χ2v) is 7.32. The minimum absolute atomic E-state index is 0.0635. The zero-order valence-corrected chi connectivity index (χ0v) is 14.1. The number of sulfonamides is 1. The highest BCUT2D eigenvalue weighted by Crippen LogP contribution is 2.33. The molecule has 118 valence electrons. The van der Waals surface area contributed by atoms with Crippen molar-refractivity contribution in [3.8, 4) is 0 Å².